The Morgan fingerprint density at radius 2 is 1.52 bits per heavy atom. The Balaban J connectivity index is 2.18. The van der Waals surface area contributed by atoms with Crippen molar-refractivity contribution in [3.05, 3.63) is 41.1 Å². The van der Waals surface area contributed by atoms with Crippen molar-refractivity contribution in [2.45, 2.75) is 38.9 Å². The van der Waals surface area contributed by atoms with Gasteiger partial charge in [0.05, 0.1) is 12.4 Å². The van der Waals surface area contributed by atoms with Crippen LogP contribution in [0.3, 0.4) is 0 Å². The van der Waals surface area contributed by atoms with Crippen LogP contribution in [0.5, 0.6) is 5.75 Å². The van der Waals surface area contributed by atoms with E-state index >= 15 is 0 Å². The van der Waals surface area contributed by atoms with Crippen molar-refractivity contribution >= 4 is 24.2 Å². The van der Waals surface area contributed by atoms with E-state index in [0.717, 1.165) is 15.8 Å². The molecule has 21 heavy (non-hydrogen) atoms. The zero-order valence-corrected chi connectivity index (χ0v) is 15.7. The van der Waals surface area contributed by atoms with E-state index in [-0.39, 0.29) is 5.04 Å². The van der Waals surface area contributed by atoms with Gasteiger partial charge in [-0.2, -0.15) is 0 Å². The van der Waals surface area contributed by atoms with Crippen molar-refractivity contribution in [3.8, 4) is 17.1 Å². The summed E-state index contributed by atoms with van der Waals surface area (Å²) in [5.74, 6) is 1.47. The van der Waals surface area contributed by atoms with Gasteiger partial charge in [-0.3, -0.25) is 0 Å². The Morgan fingerprint density at radius 1 is 1.00 bits per heavy atom. The summed E-state index contributed by atoms with van der Waals surface area (Å²) in [6, 6.07) is 7.96. The SMILES string of the molecule is CC(C)(C)[Si](C)(C)Oc1cnc(-c2ccc(Br)cc2)nc1. The lowest BCUT2D eigenvalue weighted by molar-refractivity contribution is 0.488. The van der Waals surface area contributed by atoms with Crippen LogP contribution in [0.2, 0.25) is 18.1 Å². The third-order valence-electron chi connectivity index (χ3n) is 3.91. The highest BCUT2D eigenvalue weighted by atomic mass is 79.9. The molecule has 3 nitrogen and oxygen atoms in total. The van der Waals surface area contributed by atoms with Crippen molar-refractivity contribution < 1.29 is 4.43 Å². The Hall–Kier alpha value is -1.20. The summed E-state index contributed by atoms with van der Waals surface area (Å²) in [4.78, 5) is 8.83. The predicted octanol–water partition coefficient (Wildman–Crippen LogP) is 5.29. The van der Waals surface area contributed by atoms with Crippen LogP contribution in [-0.2, 0) is 0 Å². The van der Waals surface area contributed by atoms with Gasteiger partial charge in [-0.25, -0.2) is 9.97 Å². The molecule has 112 valence electrons. The van der Waals surface area contributed by atoms with Crippen molar-refractivity contribution in [2.24, 2.45) is 0 Å². The molecule has 5 heteroatoms. The van der Waals surface area contributed by atoms with E-state index in [1.165, 1.54) is 0 Å². The normalized spacial score (nSPS) is 12.3. The number of benzene rings is 1. The van der Waals surface area contributed by atoms with Crippen molar-refractivity contribution in [2.75, 3.05) is 0 Å². The van der Waals surface area contributed by atoms with Crippen LogP contribution >= 0.6 is 15.9 Å². The number of hydrogen-bond acceptors (Lipinski definition) is 3. The average Bonchev–Trinajstić information content (AvgIpc) is 2.39. The highest BCUT2D eigenvalue weighted by Gasteiger charge is 2.39. The first-order chi connectivity index (χ1) is 9.69. The molecule has 0 bridgehead atoms. The van der Waals surface area contributed by atoms with Crippen LogP contribution in [0.1, 0.15) is 20.8 Å². The Labute approximate surface area is 136 Å². The van der Waals surface area contributed by atoms with E-state index in [1.54, 1.807) is 12.4 Å². The van der Waals surface area contributed by atoms with Crippen molar-refractivity contribution in [3.63, 3.8) is 0 Å². The van der Waals surface area contributed by atoms with Gasteiger partial charge in [0.15, 0.2) is 5.82 Å². The van der Waals surface area contributed by atoms with Gasteiger partial charge in [0.2, 0.25) is 0 Å². The van der Waals surface area contributed by atoms with Crippen molar-refractivity contribution in [1.29, 1.82) is 0 Å². The van der Waals surface area contributed by atoms with Crippen LogP contribution in [0.25, 0.3) is 11.4 Å². The minimum Gasteiger partial charge on any atom is -0.541 e. The maximum absolute atomic E-state index is 6.18. The van der Waals surface area contributed by atoms with E-state index in [0.29, 0.717) is 5.82 Å². The molecule has 0 aliphatic heterocycles. The van der Waals surface area contributed by atoms with E-state index < -0.39 is 8.32 Å². The summed E-state index contributed by atoms with van der Waals surface area (Å²) in [6.45, 7) is 11.1. The molecule has 0 saturated heterocycles. The molecular formula is C16H21BrN2OSi. The highest BCUT2D eigenvalue weighted by Crippen LogP contribution is 2.37. The zero-order chi connectivity index (χ0) is 15.7. The fourth-order valence-electron chi connectivity index (χ4n) is 1.56. The van der Waals surface area contributed by atoms with Gasteiger partial charge in [0.25, 0.3) is 8.32 Å². The summed E-state index contributed by atoms with van der Waals surface area (Å²) >= 11 is 3.42. The second-order valence-electron chi connectivity index (χ2n) is 6.61. The van der Waals surface area contributed by atoms with Gasteiger partial charge in [0, 0.05) is 10.0 Å². The fourth-order valence-corrected chi connectivity index (χ4v) is 2.83. The van der Waals surface area contributed by atoms with E-state index in [1.807, 2.05) is 24.3 Å². The number of hydrogen-bond donors (Lipinski definition) is 0. The van der Waals surface area contributed by atoms with Crippen LogP contribution in [0.4, 0.5) is 0 Å². The molecule has 0 radical (unpaired) electrons. The molecule has 0 unspecified atom stereocenters. The molecular weight excluding hydrogens is 344 g/mol. The first kappa shape index (κ1) is 16.2. The maximum atomic E-state index is 6.18. The Morgan fingerprint density at radius 3 is 2.00 bits per heavy atom. The third kappa shape index (κ3) is 3.92. The van der Waals surface area contributed by atoms with E-state index in [9.17, 15) is 0 Å². The smallest absolute Gasteiger partial charge is 0.250 e. The summed E-state index contributed by atoms with van der Waals surface area (Å²) in [5, 5.41) is 0.164. The second-order valence-corrected chi connectivity index (χ2v) is 12.3. The van der Waals surface area contributed by atoms with Crippen LogP contribution in [0.15, 0.2) is 41.1 Å². The van der Waals surface area contributed by atoms with E-state index in [2.05, 4.69) is 59.8 Å². The molecule has 1 aromatic heterocycles. The van der Waals surface area contributed by atoms with Gasteiger partial charge < -0.3 is 4.43 Å². The Bertz CT molecular complexity index is 604. The standard InChI is InChI=1S/C16H21BrN2OSi/c1-16(2,3)21(4,5)20-14-10-18-15(19-11-14)12-6-8-13(17)9-7-12/h6-11H,1-5H3. The van der Waals surface area contributed by atoms with Gasteiger partial charge in [-0.05, 0) is 30.3 Å². The molecule has 0 N–H and O–H groups in total. The molecule has 0 amide bonds. The Kier molecular flexibility index (Phi) is 4.53. The summed E-state index contributed by atoms with van der Waals surface area (Å²) in [5.41, 5.74) is 0.997. The zero-order valence-electron chi connectivity index (χ0n) is 13.1. The number of rotatable bonds is 3. The first-order valence-electron chi connectivity index (χ1n) is 6.96. The molecule has 0 atom stereocenters. The van der Waals surface area contributed by atoms with Gasteiger partial charge in [-0.15, -0.1) is 0 Å². The predicted molar refractivity (Wildman–Crippen MR) is 93.0 cm³/mol. The maximum Gasteiger partial charge on any atom is 0.250 e. The minimum absolute atomic E-state index is 0.164. The quantitative estimate of drug-likeness (QED) is 0.693. The molecule has 2 aromatic rings. The minimum atomic E-state index is -1.84. The van der Waals surface area contributed by atoms with Gasteiger partial charge in [-0.1, -0.05) is 48.8 Å². The number of nitrogens with zero attached hydrogens (tertiary/aromatic N) is 2. The van der Waals surface area contributed by atoms with Crippen LogP contribution in [-0.4, -0.2) is 18.3 Å². The van der Waals surface area contributed by atoms with Gasteiger partial charge >= 0.3 is 0 Å². The summed E-state index contributed by atoms with van der Waals surface area (Å²) in [6.07, 6.45) is 3.54. The highest BCUT2D eigenvalue weighted by molar-refractivity contribution is 9.10. The summed E-state index contributed by atoms with van der Waals surface area (Å²) in [7, 11) is -1.84. The molecule has 1 aromatic carbocycles. The average molecular weight is 365 g/mol. The lowest BCUT2D eigenvalue weighted by Crippen LogP contribution is -2.43. The number of halogens is 1. The largest absolute Gasteiger partial charge is 0.541 e. The molecule has 0 saturated carbocycles. The molecule has 0 aliphatic rings. The van der Waals surface area contributed by atoms with Crippen LogP contribution < -0.4 is 4.43 Å². The topological polar surface area (TPSA) is 35.0 Å². The van der Waals surface area contributed by atoms with Crippen LogP contribution in [0, 0.1) is 0 Å². The second kappa shape index (κ2) is 5.89. The number of aromatic nitrogens is 2. The fraction of sp³-hybridized carbons (Fsp3) is 0.375. The molecule has 1 heterocycles. The molecule has 0 aliphatic carbocycles. The monoisotopic (exact) mass is 364 g/mol. The summed E-state index contributed by atoms with van der Waals surface area (Å²) < 4.78 is 7.23. The van der Waals surface area contributed by atoms with E-state index in [4.69, 9.17) is 4.43 Å². The molecule has 0 spiro atoms. The van der Waals surface area contributed by atoms with Gasteiger partial charge in [0.1, 0.15) is 5.75 Å². The molecule has 0 fully saturated rings. The van der Waals surface area contributed by atoms with Crippen molar-refractivity contribution in [1.82, 2.24) is 9.97 Å². The lowest BCUT2D eigenvalue weighted by atomic mass is 10.2. The molecule has 2 rings (SSSR count). The first-order valence-corrected chi connectivity index (χ1v) is 10.7. The lowest BCUT2D eigenvalue weighted by Gasteiger charge is -2.36. The third-order valence-corrected chi connectivity index (χ3v) is 8.80.